The third kappa shape index (κ3) is 3.14. The minimum Gasteiger partial charge on any atom is -0.383 e. The van der Waals surface area contributed by atoms with Crippen LogP contribution in [-0.2, 0) is 19.4 Å². The number of rotatable bonds is 4. The fourth-order valence-corrected chi connectivity index (χ4v) is 5.30. The van der Waals surface area contributed by atoms with Crippen LogP contribution in [0.15, 0.2) is 35.5 Å². The molecule has 0 spiro atoms. The van der Waals surface area contributed by atoms with E-state index in [-0.39, 0.29) is 0 Å². The van der Waals surface area contributed by atoms with E-state index in [1.54, 1.807) is 23.1 Å². The highest BCUT2D eigenvalue weighted by Gasteiger charge is 2.22. The minimum absolute atomic E-state index is 0.643. The van der Waals surface area contributed by atoms with Crippen LogP contribution < -0.4 is 5.73 Å². The molecule has 124 valence electrons. The molecule has 2 N–H and O–H groups in total. The van der Waals surface area contributed by atoms with Gasteiger partial charge in [0.05, 0.1) is 5.39 Å². The van der Waals surface area contributed by atoms with Gasteiger partial charge < -0.3 is 10.6 Å². The maximum Gasteiger partial charge on any atom is 0.190 e. The van der Waals surface area contributed by atoms with Crippen molar-refractivity contribution >= 4 is 39.1 Å². The fourth-order valence-electron chi connectivity index (χ4n) is 3.10. The summed E-state index contributed by atoms with van der Waals surface area (Å²) in [5.74, 6) is 1.60. The van der Waals surface area contributed by atoms with E-state index in [1.807, 2.05) is 6.07 Å². The van der Waals surface area contributed by atoms with E-state index >= 15 is 0 Å². The largest absolute Gasteiger partial charge is 0.383 e. The summed E-state index contributed by atoms with van der Waals surface area (Å²) in [6, 6.07) is 10.5. The lowest BCUT2D eigenvalue weighted by Crippen LogP contribution is -2.25. The van der Waals surface area contributed by atoms with E-state index in [2.05, 4.69) is 41.2 Å². The molecule has 0 radical (unpaired) electrons. The van der Waals surface area contributed by atoms with Gasteiger partial charge in [0, 0.05) is 23.7 Å². The molecule has 6 heteroatoms. The maximum absolute atomic E-state index is 6.27. The molecule has 1 aromatic carbocycles. The van der Waals surface area contributed by atoms with E-state index in [0.717, 1.165) is 47.1 Å². The summed E-state index contributed by atoms with van der Waals surface area (Å²) >= 11 is 3.46. The van der Waals surface area contributed by atoms with Crippen LogP contribution in [0.1, 0.15) is 16.0 Å². The number of nitrogen functional groups attached to an aromatic ring is 1. The number of aromatic nitrogens is 2. The van der Waals surface area contributed by atoms with E-state index in [9.17, 15) is 0 Å². The Morgan fingerprint density at radius 3 is 2.92 bits per heavy atom. The van der Waals surface area contributed by atoms with Gasteiger partial charge in [0.2, 0.25) is 0 Å². The number of nitrogens with two attached hydrogens (primary N) is 1. The smallest absolute Gasteiger partial charge is 0.190 e. The number of hydrogen-bond acceptors (Lipinski definition) is 6. The molecule has 0 amide bonds. The molecule has 0 fully saturated rings. The molecule has 0 unspecified atom stereocenters. The zero-order valence-corrected chi connectivity index (χ0v) is 15.3. The molecule has 4 rings (SSSR count). The Morgan fingerprint density at radius 1 is 1.25 bits per heavy atom. The Bertz CT molecular complexity index is 860. The molecular formula is C18H20N4S2. The van der Waals surface area contributed by atoms with Gasteiger partial charge in [0.1, 0.15) is 10.6 Å². The number of benzene rings is 1. The number of hydrogen-bond donors (Lipinski definition) is 1. The van der Waals surface area contributed by atoms with Gasteiger partial charge in [0.25, 0.3) is 0 Å². The lowest BCUT2D eigenvalue weighted by Gasteiger charge is -2.22. The summed E-state index contributed by atoms with van der Waals surface area (Å²) in [6.45, 7) is 2.07. The molecule has 4 nitrogen and oxygen atoms in total. The minimum atomic E-state index is 0.643. The van der Waals surface area contributed by atoms with Gasteiger partial charge in [-0.1, -0.05) is 42.1 Å². The second-order valence-electron chi connectivity index (χ2n) is 6.15. The van der Waals surface area contributed by atoms with Crippen LogP contribution in [0, 0.1) is 0 Å². The SMILES string of the molecule is CN1CCc2c(sc3nc(SCCc4ccccc4)nc(N)c23)C1. The quantitative estimate of drug-likeness (QED) is 0.572. The Labute approximate surface area is 150 Å². The zero-order chi connectivity index (χ0) is 16.5. The maximum atomic E-state index is 6.27. The lowest BCUT2D eigenvalue weighted by molar-refractivity contribution is 0.318. The molecule has 2 aromatic heterocycles. The van der Waals surface area contributed by atoms with Crippen molar-refractivity contribution in [1.29, 1.82) is 0 Å². The van der Waals surface area contributed by atoms with Gasteiger partial charge in [-0.2, -0.15) is 0 Å². The predicted molar refractivity (Wildman–Crippen MR) is 103 cm³/mol. The van der Waals surface area contributed by atoms with Crippen molar-refractivity contribution in [3.05, 3.63) is 46.3 Å². The third-order valence-corrected chi connectivity index (χ3v) is 6.32. The summed E-state index contributed by atoms with van der Waals surface area (Å²) in [7, 11) is 2.16. The topological polar surface area (TPSA) is 55.0 Å². The number of thioether (sulfide) groups is 1. The van der Waals surface area contributed by atoms with E-state index in [0.29, 0.717) is 5.82 Å². The first-order valence-electron chi connectivity index (χ1n) is 8.14. The molecule has 0 bridgehead atoms. The summed E-state index contributed by atoms with van der Waals surface area (Å²) in [6.07, 6.45) is 2.05. The van der Waals surface area contributed by atoms with Crippen molar-refractivity contribution < 1.29 is 0 Å². The predicted octanol–water partition coefficient (Wildman–Crippen LogP) is 3.60. The molecule has 0 aliphatic carbocycles. The van der Waals surface area contributed by atoms with Crippen LogP contribution in [0.2, 0.25) is 0 Å². The zero-order valence-electron chi connectivity index (χ0n) is 13.7. The first-order valence-corrected chi connectivity index (χ1v) is 9.94. The normalized spacial score (nSPS) is 14.9. The number of likely N-dealkylation sites (N-methyl/N-ethyl adjacent to an activating group) is 1. The molecule has 0 atom stereocenters. The lowest BCUT2D eigenvalue weighted by atomic mass is 10.1. The van der Waals surface area contributed by atoms with Gasteiger partial charge >= 0.3 is 0 Å². The Kier molecular flexibility index (Phi) is 4.43. The second-order valence-corrected chi connectivity index (χ2v) is 8.29. The average molecular weight is 357 g/mol. The second kappa shape index (κ2) is 6.70. The Hall–Kier alpha value is -1.63. The van der Waals surface area contributed by atoms with E-state index in [4.69, 9.17) is 10.7 Å². The van der Waals surface area contributed by atoms with E-state index < -0.39 is 0 Å². The average Bonchev–Trinajstić information content (AvgIpc) is 2.93. The van der Waals surface area contributed by atoms with Gasteiger partial charge in [-0.15, -0.1) is 11.3 Å². The van der Waals surface area contributed by atoms with Crippen molar-refractivity contribution in [1.82, 2.24) is 14.9 Å². The van der Waals surface area contributed by atoms with Gasteiger partial charge in [0.15, 0.2) is 5.16 Å². The van der Waals surface area contributed by atoms with Crippen molar-refractivity contribution in [3.63, 3.8) is 0 Å². The monoisotopic (exact) mass is 356 g/mol. The van der Waals surface area contributed by atoms with Crippen LogP contribution in [-0.4, -0.2) is 34.2 Å². The highest BCUT2D eigenvalue weighted by molar-refractivity contribution is 7.99. The Morgan fingerprint density at radius 2 is 2.08 bits per heavy atom. The molecule has 0 saturated carbocycles. The molecule has 3 aromatic rings. The van der Waals surface area contributed by atoms with Crippen molar-refractivity contribution in [2.75, 3.05) is 25.1 Å². The van der Waals surface area contributed by atoms with Crippen LogP contribution in [0.4, 0.5) is 5.82 Å². The highest BCUT2D eigenvalue weighted by atomic mass is 32.2. The van der Waals surface area contributed by atoms with Gasteiger partial charge in [-0.05, 0) is 31.0 Å². The number of anilines is 1. The van der Waals surface area contributed by atoms with Crippen LogP contribution in [0.3, 0.4) is 0 Å². The first kappa shape index (κ1) is 15.9. The molecular weight excluding hydrogens is 336 g/mol. The number of fused-ring (bicyclic) bond motifs is 3. The molecule has 1 aliphatic rings. The Balaban J connectivity index is 1.54. The van der Waals surface area contributed by atoms with Crippen LogP contribution in [0.5, 0.6) is 0 Å². The summed E-state index contributed by atoms with van der Waals surface area (Å²) in [4.78, 5) is 14.1. The summed E-state index contributed by atoms with van der Waals surface area (Å²) < 4.78 is 0. The van der Waals surface area contributed by atoms with Crippen molar-refractivity contribution in [2.24, 2.45) is 0 Å². The number of aryl methyl sites for hydroxylation is 1. The van der Waals surface area contributed by atoms with Gasteiger partial charge in [-0.3, -0.25) is 0 Å². The molecule has 0 saturated heterocycles. The summed E-state index contributed by atoms with van der Waals surface area (Å²) in [5, 5.41) is 1.89. The fraction of sp³-hybridized carbons (Fsp3) is 0.333. The van der Waals surface area contributed by atoms with Crippen molar-refractivity contribution in [3.8, 4) is 0 Å². The third-order valence-electron chi connectivity index (χ3n) is 4.36. The van der Waals surface area contributed by atoms with Crippen molar-refractivity contribution in [2.45, 2.75) is 24.5 Å². The highest BCUT2D eigenvalue weighted by Crippen LogP contribution is 2.37. The first-order chi connectivity index (χ1) is 11.7. The number of thiophene rings is 1. The molecule has 24 heavy (non-hydrogen) atoms. The standard InChI is InChI=1S/C18H20N4S2/c1-22-9-7-13-14(11-22)24-17-15(13)16(19)20-18(21-17)23-10-8-12-5-3-2-4-6-12/h2-6H,7-11H2,1H3,(H2,19,20,21). The van der Waals surface area contributed by atoms with Crippen LogP contribution >= 0.6 is 23.1 Å². The van der Waals surface area contributed by atoms with Gasteiger partial charge in [-0.25, -0.2) is 9.97 Å². The molecule has 3 heterocycles. The van der Waals surface area contributed by atoms with Crippen LogP contribution in [0.25, 0.3) is 10.2 Å². The number of nitrogens with zero attached hydrogens (tertiary/aromatic N) is 3. The van der Waals surface area contributed by atoms with E-state index in [1.165, 1.54) is 16.0 Å². The summed E-state index contributed by atoms with van der Waals surface area (Å²) in [5.41, 5.74) is 8.98. The molecule has 1 aliphatic heterocycles.